The van der Waals surface area contributed by atoms with Gasteiger partial charge in [-0.25, -0.2) is 4.39 Å². The molecular weight excluding hydrogens is 221 g/mol. The molecule has 0 saturated heterocycles. The molecule has 0 spiro atoms. The quantitative estimate of drug-likeness (QED) is 0.799. The summed E-state index contributed by atoms with van der Waals surface area (Å²) in [6.07, 6.45) is 2.03. The Kier molecular flexibility index (Phi) is 4.82. The van der Waals surface area contributed by atoms with E-state index in [-0.39, 0.29) is 17.4 Å². The number of carbonyl (C=O) groups is 2. The zero-order valence-corrected chi connectivity index (χ0v) is 10.0. The molecule has 0 radical (unpaired) electrons. The lowest BCUT2D eigenvalue weighted by molar-refractivity contribution is -0.116. The van der Waals surface area contributed by atoms with Crippen LogP contribution in [0.4, 0.5) is 10.1 Å². The van der Waals surface area contributed by atoms with E-state index >= 15 is 0 Å². The van der Waals surface area contributed by atoms with Gasteiger partial charge in [-0.2, -0.15) is 0 Å². The normalized spacial score (nSPS) is 10.1. The van der Waals surface area contributed by atoms with Gasteiger partial charge in [-0.15, -0.1) is 0 Å². The second-order valence-corrected chi connectivity index (χ2v) is 3.90. The minimum Gasteiger partial charge on any atom is -0.324 e. The molecule has 17 heavy (non-hydrogen) atoms. The molecule has 0 aliphatic heterocycles. The maximum Gasteiger partial charge on any atom is 0.224 e. The Hall–Kier alpha value is -1.71. The molecule has 0 fully saturated rings. The van der Waals surface area contributed by atoms with Crippen LogP contribution < -0.4 is 5.32 Å². The van der Waals surface area contributed by atoms with E-state index in [4.69, 9.17) is 0 Å². The summed E-state index contributed by atoms with van der Waals surface area (Å²) in [6, 6.07) is 3.95. The van der Waals surface area contributed by atoms with Crippen molar-refractivity contribution in [3.63, 3.8) is 0 Å². The first-order valence-electron chi connectivity index (χ1n) is 5.65. The summed E-state index contributed by atoms with van der Waals surface area (Å²) in [6.45, 7) is 3.38. The zero-order chi connectivity index (χ0) is 12.8. The van der Waals surface area contributed by atoms with Gasteiger partial charge in [0.15, 0.2) is 5.78 Å². The Labute approximate surface area is 100 Å². The molecule has 1 rings (SSSR count). The largest absolute Gasteiger partial charge is 0.324 e. The summed E-state index contributed by atoms with van der Waals surface area (Å²) in [7, 11) is 0. The number of ketones is 1. The monoisotopic (exact) mass is 237 g/mol. The number of benzene rings is 1. The molecule has 0 aliphatic carbocycles. The summed E-state index contributed by atoms with van der Waals surface area (Å²) in [4.78, 5) is 22.6. The molecule has 3 nitrogen and oxygen atoms in total. The Morgan fingerprint density at radius 3 is 2.65 bits per heavy atom. The molecule has 1 amide bonds. The Balaban J connectivity index is 2.79. The summed E-state index contributed by atoms with van der Waals surface area (Å²) in [5.41, 5.74) is 0.455. The van der Waals surface area contributed by atoms with E-state index in [1.165, 1.54) is 25.1 Å². The summed E-state index contributed by atoms with van der Waals surface area (Å²) >= 11 is 0. The topological polar surface area (TPSA) is 46.2 Å². The number of carbonyl (C=O) groups excluding carboxylic acids is 2. The van der Waals surface area contributed by atoms with E-state index in [0.29, 0.717) is 12.0 Å². The highest BCUT2D eigenvalue weighted by Crippen LogP contribution is 2.17. The van der Waals surface area contributed by atoms with Crippen molar-refractivity contribution in [2.75, 3.05) is 5.32 Å². The second-order valence-electron chi connectivity index (χ2n) is 3.90. The Bertz CT molecular complexity index is 429. The predicted octanol–water partition coefficient (Wildman–Crippen LogP) is 3.16. The van der Waals surface area contributed by atoms with Crippen LogP contribution in [-0.4, -0.2) is 11.7 Å². The third-order valence-electron chi connectivity index (χ3n) is 2.40. The summed E-state index contributed by atoms with van der Waals surface area (Å²) < 4.78 is 13.4. The number of halogens is 1. The van der Waals surface area contributed by atoms with Crippen LogP contribution in [0.25, 0.3) is 0 Å². The number of anilines is 1. The lowest BCUT2D eigenvalue weighted by atomic mass is 10.1. The minimum absolute atomic E-state index is 0.0683. The van der Waals surface area contributed by atoms with Crippen molar-refractivity contribution in [3.05, 3.63) is 29.6 Å². The third kappa shape index (κ3) is 3.98. The van der Waals surface area contributed by atoms with E-state index in [2.05, 4.69) is 5.32 Å². The average Bonchev–Trinajstić information content (AvgIpc) is 2.29. The standard InChI is InChI=1S/C13H16FNO2/c1-3-4-5-13(17)15-12-8-10(9(2)16)6-7-11(12)14/h6-8H,3-5H2,1-2H3,(H,15,17). The van der Waals surface area contributed by atoms with Crippen molar-refractivity contribution in [1.29, 1.82) is 0 Å². The van der Waals surface area contributed by atoms with Crippen LogP contribution in [0.5, 0.6) is 0 Å². The van der Waals surface area contributed by atoms with Gasteiger partial charge in [0.25, 0.3) is 0 Å². The molecular formula is C13H16FNO2. The fraction of sp³-hybridized carbons (Fsp3) is 0.385. The Morgan fingerprint density at radius 1 is 1.35 bits per heavy atom. The van der Waals surface area contributed by atoms with Crippen LogP contribution in [0.2, 0.25) is 0 Å². The van der Waals surface area contributed by atoms with Gasteiger partial charge in [-0.05, 0) is 31.5 Å². The number of Topliss-reactive ketones (excluding diaryl/α,β-unsaturated/α-hetero) is 1. The molecule has 4 heteroatoms. The Morgan fingerprint density at radius 2 is 2.06 bits per heavy atom. The smallest absolute Gasteiger partial charge is 0.224 e. The number of unbranched alkanes of at least 4 members (excludes halogenated alkanes) is 1. The van der Waals surface area contributed by atoms with Crippen molar-refractivity contribution < 1.29 is 14.0 Å². The maximum atomic E-state index is 13.4. The second kappa shape index (κ2) is 6.13. The van der Waals surface area contributed by atoms with E-state index < -0.39 is 5.82 Å². The minimum atomic E-state index is -0.528. The lowest BCUT2D eigenvalue weighted by Crippen LogP contribution is -2.12. The zero-order valence-electron chi connectivity index (χ0n) is 10.0. The molecule has 0 atom stereocenters. The van der Waals surface area contributed by atoms with Gasteiger partial charge in [0.1, 0.15) is 5.82 Å². The van der Waals surface area contributed by atoms with Crippen LogP contribution in [0.1, 0.15) is 43.5 Å². The number of hydrogen-bond donors (Lipinski definition) is 1. The molecule has 0 bridgehead atoms. The van der Waals surface area contributed by atoms with Crippen molar-refractivity contribution in [1.82, 2.24) is 0 Å². The van der Waals surface area contributed by atoms with E-state index in [9.17, 15) is 14.0 Å². The third-order valence-corrected chi connectivity index (χ3v) is 2.40. The molecule has 0 aromatic heterocycles. The van der Waals surface area contributed by atoms with Gasteiger partial charge < -0.3 is 5.32 Å². The van der Waals surface area contributed by atoms with E-state index in [0.717, 1.165) is 12.8 Å². The fourth-order valence-electron chi connectivity index (χ4n) is 1.39. The first kappa shape index (κ1) is 13.4. The van der Waals surface area contributed by atoms with Crippen molar-refractivity contribution in [2.45, 2.75) is 33.1 Å². The van der Waals surface area contributed by atoms with Gasteiger partial charge in [0, 0.05) is 12.0 Å². The van der Waals surface area contributed by atoms with Gasteiger partial charge in [-0.1, -0.05) is 13.3 Å². The molecule has 0 aliphatic rings. The van der Waals surface area contributed by atoms with Crippen LogP contribution in [-0.2, 0) is 4.79 Å². The van der Waals surface area contributed by atoms with Crippen LogP contribution in [0, 0.1) is 5.82 Å². The van der Waals surface area contributed by atoms with Gasteiger partial charge in [-0.3, -0.25) is 9.59 Å². The average molecular weight is 237 g/mol. The first-order chi connectivity index (χ1) is 8.04. The van der Waals surface area contributed by atoms with Gasteiger partial charge in [0.05, 0.1) is 5.69 Å². The van der Waals surface area contributed by atoms with Gasteiger partial charge in [0.2, 0.25) is 5.91 Å². The molecule has 1 aromatic carbocycles. The summed E-state index contributed by atoms with van der Waals surface area (Å²) in [5, 5.41) is 2.47. The number of amides is 1. The lowest BCUT2D eigenvalue weighted by Gasteiger charge is -2.07. The molecule has 1 N–H and O–H groups in total. The molecule has 0 unspecified atom stereocenters. The molecule has 92 valence electrons. The fourth-order valence-corrected chi connectivity index (χ4v) is 1.39. The van der Waals surface area contributed by atoms with Crippen LogP contribution >= 0.6 is 0 Å². The van der Waals surface area contributed by atoms with Crippen molar-refractivity contribution in [2.24, 2.45) is 0 Å². The highest BCUT2D eigenvalue weighted by Gasteiger charge is 2.09. The first-order valence-corrected chi connectivity index (χ1v) is 5.65. The summed E-state index contributed by atoms with van der Waals surface area (Å²) in [5.74, 6) is -0.916. The van der Waals surface area contributed by atoms with Gasteiger partial charge >= 0.3 is 0 Å². The highest BCUT2D eigenvalue weighted by molar-refractivity contribution is 5.97. The van der Waals surface area contributed by atoms with Crippen molar-refractivity contribution in [3.8, 4) is 0 Å². The maximum absolute atomic E-state index is 13.4. The van der Waals surface area contributed by atoms with Crippen molar-refractivity contribution >= 4 is 17.4 Å². The van der Waals surface area contributed by atoms with Crippen LogP contribution in [0.15, 0.2) is 18.2 Å². The highest BCUT2D eigenvalue weighted by atomic mass is 19.1. The van der Waals surface area contributed by atoms with E-state index in [1.54, 1.807) is 0 Å². The number of nitrogens with one attached hydrogen (secondary N) is 1. The van der Waals surface area contributed by atoms with Crippen LogP contribution in [0.3, 0.4) is 0 Å². The predicted molar refractivity (Wildman–Crippen MR) is 64.6 cm³/mol. The number of rotatable bonds is 5. The SMILES string of the molecule is CCCCC(=O)Nc1cc(C(C)=O)ccc1F. The van der Waals surface area contributed by atoms with E-state index in [1.807, 2.05) is 6.92 Å². The molecule has 0 saturated carbocycles. The number of hydrogen-bond acceptors (Lipinski definition) is 2. The molecule has 0 heterocycles. The molecule has 1 aromatic rings.